The van der Waals surface area contributed by atoms with Crippen LogP contribution in [-0.2, 0) is 16.0 Å². The Hall–Kier alpha value is -2.62. The van der Waals surface area contributed by atoms with Crippen molar-refractivity contribution in [3.8, 4) is 0 Å². The molecule has 4 nitrogen and oxygen atoms in total. The fourth-order valence-corrected chi connectivity index (χ4v) is 3.24. The van der Waals surface area contributed by atoms with E-state index in [0.29, 0.717) is 6.54 Å². The van der Waals surface area contributed by atoms with Gasteiger partial charge in [-0.1, -0.05) is 43.3 Å². The highest BCUT2D eigenvalue weighted by Gasteiger charge is 2.18. The molecule has 0 radical (unpaired) electrons. The van der Waals surface area contributed by atoms with E-state index in [-0.39, 0.29) is 18.2 Å². The Morgan fingerprint density at radius 1 is 0.962 bits per heavy atom. The summed E-state index contributed by atoms with van der Waals surface area (Å²) in [5.74, 6) is -0.130. The Bertz CT molecular complexity index is 792. The summed E-state index contributed by atoms with van der Waals surface area (Å²) in [7, 11) is 0. The SMILES string of the molecule is CCc1cccc(C)c1N(CCC(=O)Nc1c(C)cccc1C)C(C)=O. The van der Waals surface area contributed by atoms with Gasteiger partial charge in [0.15, 0.2) is 0 Å². The predicted octanol–water partition coefficient (Wildman–Crippen LogP) is 4.56. The highest BCUT2D eigenvalue weighted by atomic mass is 16.2. The maximum absolute atomic E-state index is 12.5. The molecule has 0 spiro atoms. The maximum atomic E-state index is 12.5. The second kappa shape index (κ2) is 8.65. The minimum absolute atomic E-state index is 0.0473. The summed E-state index contributed by atoms with van der Waals surface area (Å²) in [6, 6.07) is 12.0. The molecule has 0 unspecified atom stereocenters. The first-order valence-electron chi connectivity index (χ1n) is 9.07. The van der Waals surface area contributed by atoms with E-state index in [4.69, 9.17) is 0 Å². The minimum Gasteiger partial charge on any atom is -0.326 e. The normalized spacial score (nSPS) is 10.5. The smallest absolute Gasteiger partial charge is 0.226 e. The number of para-hydroxylation sites is 2. The van der Waals surface area contributed by atoms with Crippen molar-refractivity contribution in [3.63, 3.8) is 0 Å². The molecule has 0 aliphatic heterocycles. The lowest BCUT2D eigenvalue weighted by Crippen LogP contribution is -2.33. The van der Waals surface area contributed by atoms with E-state index in [9.17, 15) is 9.59 Å². The number of hydrogen-bond acceptors (Lipinski definition) is 2. The first-order chi connectivity index (χ1) is 12.3. The summed E-state index contributed by atoms with van der Waals surface area (Å²) in [6.45, 7) is 9.95. The number of amides is 2. The summed E-state index contributed by atoms with van der Waals surface area (Å²) in [5.41, 5.74) is 6.03. The molecule has 0 heterocycles. The predicted molar refractivity (Wildman–Crippen MR) is 108 cm³/mol. The monoisotopic (exact) mass is 352 g/mol. The Labute approximate surface area is 156 Å². The fraction of sp³-hybridized carbons (Fsp3) is 0.364. The summed E-state index contributed by atoms with van der Waals surface area (Å²) in [4.78, 5) is 26.4. The van der Waals surface area contributed by atoms with Crippen molar-refractivity contribution in [3.05, 3.63) is 58.7 Å². The molecule has 1 N–H and O–H groups in total. The molecule has 4 heteroatoms. The van der Waals surface area contributed by atoms with Crippen LogP contribution in [-0.4, -0.2) is 18.4 Å². The molecule has 0 saturated heterocycles. The summed E-state index contributed by atoms with van der Waals surface area (Å²) >= 11 is 0. The van der Waals surface area contributed by atoms with E-state index in [0.717, 1.165) is 40.0 Å². The number of nitrogens with one attached hydrogen (secondary N) is 1. The van der Waals surface area contributed by atoms with Gasteiger partial charge in [0.1, 0.15) is 0 Å². The van der Waals surface area contributed by atoms with Crippen LogP contribution in [0, 0.1) is 20.8 Å². The number of anilines is 2. The van der Waals surface area contributed by atoms with E-state index in [1.54, 1.807) is 11.8 Å². The standard InChI is InChI=1S/C22H28N2O2/c1-6-19-12-8-11-17(4)22(19)24(18(5)25)14-13-20(26)23-21-15(2)9-7-10-16(21)3/h7-12H,6,13-14H2,1-5H3,(H,23,26). The van der Waals surface area contributed by atoms with Gasteiger partial charge < -0.3 is 10.2 Å². The molecular weight excluding hydrogens is 324 g/mol. The van der Waals surface area contributed by atoms with Crippen molar-refractivity contribution in [2.45, 2.75) is 47.5 Å². The number of benzene rings is 2. The van der Waals surface area contributed by atoms with Crippen LogP contribution in [0.3, 0.4) is 0 Å². The van der Waals surface area contributed by atoms with Crippen LogP contribution in [0.15, 0.2) is 36.4 Å². The zero-order chi connectivity index (χ0) is 19.3. The van der Waals surface area contributed by atoms with E-state index >= 15 is 0 Å². The molecule has 0 atom stereocenters. The third kappa shape index (κ3) is 4.51. The molecule has 0 aliphatic carbocycles. The van der Waals surface area contributed by atoms with Gasteiger partial charge in [-0.05, 0) is 49.4 Å². The van der Waals surface area contributed by atoms with Crippen LogP contribution < -0.4 is 10.2 Å². The fourth-order valence-electron chi connectivity index (χ4n) is 3.24. The van der Waals surface area contributed by atoms with Crippen molar-refractivity contribution >= 4 is 23.2 Å². The lowest BCUT2D eigenvalue weighted by Gasteiger charge is -2.25. The highest BCUT2D eigenvalue weighted by molar-refractivity contribution is 5.96. The first kappa shape index (κ1) is 19.7. The minimum atomic E-state index is -0.0831. The summed E-state index contributed by atoms with van der Waals surface area (Å²) in [6.07, 6.45) is 1.10. The van der Waals surface area contributed by atoms with Crippen molar-refractivity contribution in [2.24, 2.45) is 0 Å². The van der Waals surface area contributed by atoms with Gasteiger partial charge in [0.2, 0.25) is 11.8 Å². The molecule has 2 aromatic carbocycles. The molecule has 2 aromatic rings. The average Bonchev–Trinajstić information content (AvgIpc) is 2.59. The van der Waals surface area contributed by atoms with E-state index in [1.165, 1.54) is 0 Å². The van der Waals surface area contributed by atoms with Crippen LogP contribution in [0.1, 0.15) is 42.5 Å². The second-order valence-electron chi connectivity index (χ2n) is 6.67. The molecule has 0 bridgehead atoms. The number of carbonyl (C=O) groups excluding carboxylic acids is 2. The lowest BCUT2D eigenvalue weighted by molar-refractivity contribution is -0.117. The maximum Gasteiger partial charge on any atom is 0.226 e. The first-order valence-corrected chi connectivity index (χ1v) is 9.07. The topological polar surface area (TPSA) is 49.4 Å². The number of rotatable bonds is 6. The van der Waals surface area contributed by atoms with Gasteiger partial charge in [0.25, 0.3) is 0 Å². The van der Waals surface area contributed by atoms with Crippen molar-refractivity contribution in [2.75, 3.05) is 16.8 Å². The Kier molecular flexibility index (Phi) is 6.56. The van der Waals surface area contributed by atoms with Gasteiger partial charge >= 0.3 is 0 Å². The van der Waals surface area contributed by atoms with Gasteiger partial charge in [-0.25, -0.2) is 0 Å². The van der Waals surface area contributed by atoms with Gasteiger partial charge in [-0.15, -0.1) is 0 Å². The Morgan fingerprint density at radius 2 is 1.54 bits per heavy atom. The molecule has 26 heavy (non-hydrogen) atoms. The highest BCUT2D eigenvalue weighted by Crippen LogP contribution is 2.26. The van der Waals surface area contributed by atoms with Gasteiger partial charge in [0, 0.05) is 31.3 Å². The van der Waals surface area contributed by atoms with Crippen LogP contribution in [0.25, 0.3) is 0 Å². The van der Waals surface area contributed by atoms with Gasteiger partial charge in [0.05, 0.1) is 0 Å². The number of nitrogens with zero attached hydrogens (tertiary/aromatic N) is 1. The van der Waals surface area contributed by atoms with Crippen LogP contribution >= 0.6 is 0 Å². The average molecular weight is 352 g/mol. The molecule has 0 saturated carbocycles. The Balaban J connectivity index is 2.15. The van der Waals surface area contributed by atoms with Crippen LogP contribution in [0.2, 0.25) is 0 Å². The van der Waals surface area contributed by atoms with Crippen molar-refractivity contribution < 1.29 is 9.59 Å². The molecule has 2 amide bonds. The number of carbonyl (C=O) groups is 2. The largest absolute Gasteiger partial charge is 0.326 e. The summed E-state index contributed by atoms with van der Waals surface area (Å²) < 4.78 is 0. The quantitative estimate of drug-likeness (QED) is 0.829. The van der Waals surface area contributed by atoms with E-state index < -0.39 is 0 Å². The lowest BCUT2D eigenvalue weighted by atomic mass is 10.0. The molecular formula is C22H28N2O2. The van der Waals surface area contributed by atoms with E-state index in [2.05, 4.69) is 12.2 Å². The van der Waals surface area contributed by atoms with Gasteiger partial charge in [-0.3, -0.25) is 9.59 Å². The van der Waals surface area contributed by atoms with Crippen molar-refractivity contribution in [1.82, 2.24) is 0 Å². The molecule has 0 fully saturated rings. The van der Waals surface area contributed by atoms with E-state index in [1.807, 2.05) is 57.2 Å². The van der Waals surface area contributed by atoms with Crippen LogP contribution in [0.5, 0.6) is 0 Å². The van der Waals surface area contributed by atoms with Gasteiger partial charge in [-0.2, -0.15) is 0 Å². The second-order valence-corrected chi connectivity index (χ2v) is 6.67. The Morgan fingerprint density at radius 3 is 2.12 bits per heavy atom. The molecule has 138 valence electrons. The van der Waals surface area contributed by atoms with Crippen molar-refractivity contribution in [1.29, 1.82) is 0 Å². The number of hydrogen-bond donors (Lipinski definition) is 1. The summed E-state index contributed by atoms with van der Waals surface area (Å²) in [5, 5.41) is 2.99. The molecule has 2 rings (SSSR count). The van der Waals surface area contributed by atoms with Crippen LogP contribution in [0.4, 0.5) is 11.4 Å². The third-order valence-corrected chi connectivity index (χ3v) is 4.66. The zero-order valence-corrected chi connectivity index (χ0v) is 16.3. The zero-order valence-electron chi connectivity index (χ0n) is 16.3. The third-order valence-electron chi connectivity index (χ3n) is 4.66. The molecule has 0 aromatic heterocycles. The molecule has 0 aliphatic rings. The number of aryl methyl sites for hydroxylation is 4.